The molecule has 1 aromatic heterocycles. The summed E-state index contributed by atoms with van der Waals surface area (Å²) in [5, 5.41) is 0.856. The fourth-order valence-electron chi connectivity index (χ4n) is 1.21. The van der Waals surface area contributed by atoms with Crippen molar-refractivity contribution in [3.05, 3.63) is 30.2 Å². The van der Waals surface area contributed by atoms with Gasteiger partial charge in [-0.05, 0) is 18.2 Å². The summed E-state index contributed by atoms with van der Waals surface area (Å²) < 4.78 is 5.05. The van der Waals surface area contributed by atoms with Crippen LogP contribution in [0.4, 0.5) is 0 Å². The Morgan fingerprint density at radius 3 is 3.00 bits per heavy atom. The molecule has 70 valence electrons. The van der Waals surface area contributed by atoms with Crippen LogP contribution in [-0.4, -0.2) is 23.4 Å². The molecule has 2 aromatic rings. The summed E-state index contributed by atoms with van der Waals surface area (Å²) in [4.78, 5) is 18.3. The molecule has 0 atom stereocenters. The number of aldehydes is 1. The van der Waals surface area contributed by atoms with Gasteiger partial charge < -0.3 is 4.74 Å². The minimum absolute atomic E-state index is 0.197. The Morgan fingerprint density at radius 1 is 1.43 bits per heavy atom. The third-order valence-electron chi connectivity index (χ3n) is 1.91. The summed E-state index contributed by atoms with van der Waals surface area (Å²) in [5.74, 6) is 0.947. The maximum atomic E-state index is 10.4. The molecule has 0 bridgehead atoms. The number of aromatic nitrogens is 2. The van der Waals surface area contributed by atoms with E-state index in [0.29, 0.717) is 6.29 Å². The second-order valence-corrected chi connectivity index (χ2v) is 2.77. The molecule has 0 unspecified atom stereocenters. The Kier molecular flexibility index (Phi) is 2.10. The van der Waals surface area contributed by atoms with E-state index >= 15 is 0 Å². The van der Waals surface area contributed by atoms with Crippen molar-refractivity contribution >= 4 is 17.2 Å². The SMILES string of the molecule is COc1ccc2nc(C=O)ncc2c1. The smallest absolute Gasteiger partial charge is 0.193 e. The average molecular weight is 188 g/mol. The number of hydrogen-bond donors (Lipinski definition) is 0. The molecular weight excluding hydrogens is 180 g/mol. The number of benzene rings is 1. The number of carbonyl (C=O) groups excluding carboxylic acids is 1. The normalized spacial score (nSPS) is 10.1. The highest BCUT2D eigenvalue weighted by Crippen LogP contribution is 2.17. The molecule has 4 heteroatoms. The van der Waals surface area contributed by atoms with Crippen molar-refractivity contribution in [2.45, 2.75) is 0 Å². The molecule has 0 saturated carbocycles. The van der Waals surface area contributed by atoms with Crippen LogP contribution in [0.2, 0.25) is 0 Å². The first-order valence-corrected chi connectivity index (χ1v) is 4.09. The summed E-state index contributed by atoms with van der Waals surface area (Å²) in [6, 6.07) is 5.41. The van der Waals surface area contributed by atoms with E-state index in [4.69, 9.17) is 4.74 Å². The van der Waals surface area contributed by atoms with Gasteiger partial charge in [0.1, 0.15) is 5.75 Å². The molecule has 0 spiro atoms. The summed E-state index contributed by atoms with van der Waals surface area (Å²) in [6.45, 7) is 0. The first-order chi connectivity index (χ1) is 6.83. The van der Waals surface area contributed by atoms with Gasteiger partial charge in [0.25, 0.3) is 0 Å². The highest BCUT2D eigenvalue weighted by atomic mass is 16.5. The predicted octanol–water partition coefficient (Wildman–Crippen LogP) is 1.45. The highest BCUT2D eigenvalue weighted by molar-refractivity contribution is 5.82. The lowest BCUT2D eigenvalue weighted by molar-refractivity contribution is 0.111. The minimum Gasteiger partial charge on any atom is -0.497 e. The number of fused-ring (bicyclic) bond motifs is 1. The van der Waals surface area contributed by atoms with Crippen LogP contribution in [0.5, 0.6) is 5.75 Å². The quantitative estimate of drug-likeness (QED) is 0.669. The van der Waals surface area contributed by atoms with E-state index in [1.807, 2.05) is 6.07 Å². The lowest BCUT2D eigenvalue weighted by Crippen LogP contribution is -1.92. The topological polar surface area (TPSA) is 52.1 Å². The average Bonchev–Trinajstić information content (AvgIpc) is 2.27. The van der Waals surface area contributed by atoms with Crippen molar-refractivity contribution in [2.24, 2.45) is 0 Å². The zero-order chi connectivity index (χ0) is 9.97. The van der Waals surface area contributed by atoms with E-state index < -0.39 is 0 Å². The van der Waals surface area contributed by atoms with E-state index in [0.717, 1.165) is 16.7 Å². The van der Waals surface area contributed by atoms with Gasteiger partial charge in [0.2, 0.25) is 0 Å². The maximum absolute atomic E-state index is 10.4. The Balaban J connectivity index is 2.63. The molecule has 0 aliphatic rings. The van der Waals surface area contributed by atoms with Crippen LogP contribution < -0.4 is 4.74 Å². The van der Waals surface area contributed by atoms with E-state index in [1.54, 1.807) is 25.4 Å². The van der Waals surface area contributed by atoms with Gasteiger partial charge in [-0.2, -0.15) is 0 Å². The fraction of sp³-hybridized carbons (Fsp3) is 0.100. The Morgan fingerprint density at radius 2 is 2.29 bits per heavy atom. The summed E-state index contributed by atoms with van der Waals surface area (Å²) in [5.41, 5.74) is 0.739. The van der Waals surface area contributed by atoms with Gasteiger partial charge in [0.05, 0.1) is 12.6 Å². The molecule has 0 radical (unpaired) electrons. The molecule has 2 rings (SSSR count). The van der Waals surface area contributed by atoms with E-state index in [-0.39, 0.29) is 5.82 Å². The first kappa shape index (κ1) is 8.62. The molecule has 0 aliphatic carbocycles. The van der Waals surface area contributed by atoms with Gasteiger partial charge >= 0.3 is 0 Å². The zero-order valence-electron chi connectivity index (χ0n) is 7.60. The van der Waals surface area contributed by atoms with Crippen LogP contribution >= 0.6 is 0 Å². The van der Waals surface area contributed by atoms with Crippen LogP contribution in [0.3, 0.4) is 0 Å². The standard InChI is InChI=1S/C10H8N2O2/c1-14-8-2-3-9-7(4-8)5-11-10(6-13)12-9/h2-6H,1H3. The number of ether oxygens (including phenoxy) is 1. The first-order valence-electron chi connectivity index (χ1n) is 4.09. The lowest BCUT2D eigenvalue weighted by atomic mass is 10.2. The summed E-state index contributed by atoms with van der Waals surface area (Å²) in [7, 11) is 1.60. The van der Waals surface area contributed by atoms with Crippen molar-refractivity contribution < 1.29 is 9.53 Å². The Bertz CT molecular complexity index is 483. The van der Waals surface area contributed by atoms with Gasteiger partial charge in [0.15, 0.2) is 12.1 Å². The number of hydrogen-bond acceptors (Lipinski definition) is 4. The van der Waals surface area contributed by atoms with Gasteiger partial charge in [-0.15, -0.1) is 0 Å². The number of nitrogens with zero attached hydrogens (tertiary/aromatic N) is 2. The minimum atomic E-state index is 0.197. The van der Waals surface area contributed by atoms with Crippen LogP contribution in [-0.2, 0) is 0 Å². The zero-order valence-corrected chi connectivity index (χ0v) is 7.60. The molecule has 0 saturated heterocycles. The number of rotatable bonds is 2. The molecule has 0 amide bonds. The summed E-state index contributed by atoms with van der Waals surface area (Å²) >= 11 is 0. The van der Waals surface area contributed by atoms with Crippen LogP contribution in [0.1, 0.15) is 10.6 Å². The molecular formula is C10H8N2O2. The predicted molar refractivity (Wildman–Crippen MR) is 51.5 cm³/mol. The largest absolute Gasteiger partial charge is 0.497 e. The second kappa shape index (κ2) is 3.41. The number of carbonyl (C=O) groups is 1. The molecule has 0 fully saturated rings. The Hall–Kier alpha value is -1.97. The van der Waals surface area contributed by atoms with E-state index in [9.17, 15) is 4.79 Å². The van der Waals surface area contributed by atoms with Crippen LogP contribution in [0, 0.1) is 0 Å². The highest BCUT2D eigenvalue weighted by Gasteiger charge is 1.99. The van der Waals surface area contributed by atoms with Crippen molar-refractivity contribution in [2.75, 3.05) is 7.11 Å². The fourth-order valence-corrected chi connectivity index (χ4v) is 1.21. The van der Waals surface area contributed by atoms with Crippen LogP contribution in [0.15, 0.2) is 24.4 Å². The van der Waals surface area contributed by atoms with E-state index in [2.05, 4.69) is 9.97 Å². The van der Waals surface area contributed by atoms with Gasteiger partial charge in [-0.1, -0.05) is 0 Å². The monoisotopic (exact) mass is 188 g/mol. The molecule has 0 aliphatic heterocycles. The van der Waals surface area contributed by atoms with Crippen LogP contribution in [0.25, 0.3) is 10.9 Å². The molecule has 4 nitrogen and oxygen atoms in total. The lowest BCUT2D eigenvalue weighted by Gasteiger charge is -2.01. The van der Waals surface area contributed by atoms with Crippen molar-refractivity contribution in [3.63, 3.8) is 0 Å². The molecule has 1 heterocycles. The molecule has 1 aromatic carbocycles. The van der Waals surface area contributed by atoms with Gasteiger partial charge in [-0.3, -0.25) is 4.79 Å². The molecule has 14 heavy (non-hydrogen) atoms. The maximum Gasteiger partial charge on any atom is 0.193 e. The summed E-state index contributed by atoms with van der Waals surface area (Å²) in [6.07, 6.45) is 2.23. The third kappa shape index (κ3) is 1.42. The van der Waals surface area contributed by atoms with Crippen molar-refractivity contribution in [3.8, 4) is 5.75 Å². The third-order valence-corrected chi connectivity index (χ3v) is 1.91. The van der Waals surface area contributed by atoms with E-state index in [1.165, 1.54) is 0 Å². The van der Waals surface area contributed by atoms with Crippen molar-refractivity contribution in [1.82, 2.24) is 9.97 Å². The van der Waals surface area contributed by atoms with Gasteiger partial charge in [0, 0.05) is 11.6 Å². The molecule has 0 N–H and O–H groups in total. The van der Waals surface area contributed by atoms with Gasteiger partial charge in [-0.25, -0.2) is 9.97 Å². The second-order valence-electron chi connectivity index (χ2n) is 2.77. The van der Waals surface area contributed by atoms with Crippen molar-refractivity contribution in [1.29, 1.82) is 0 Å². The Labute approximate surface area is 80.6 Å². The number of methoxy groups -OCH3 is 1.